The van der Waals surface area contributed by atoms with Gasteiger partial charge in [-0.15, -0.1) is 10.2 Å². The number of para-hydroxylation sites is 1. The second-order valence-electron chi connectivity index (χ2n) is 3.99. The molecule has 1 aromatic heterocycles. The molecule has 0 spiro atoms. The van der Waals surface area contributed by atoms with Gasteiger partial charge in [0.25, 0.3) is 0 Å². The minimum Gasteiger partial charge on any atom is -0.312 e. The van der Waals surface area contributed by atoms with Crippen molar-refractivity contribution in [2.75, 3.05) is 17.2 Å². The quantitative estimate of drug-likeness (QED) is 0.615. The van der Waals surface area contributed by atoms with E-state index in [1.165, 1.54) is 16.7 Å². The zero-order chi connectivity index (χ0) is 14.4. The van der Waals surface area contributed by atoms with E-state index < -0.39 is 0 Å². The van der Waals surface area contributed by atoms with Gasteiger partial charge >= 0.3 is 0 Å². The molecule has 0 atom stereocenters. The van der Waals surface area contributed by atoms with Gasteiger partial charge in [0.2, 0.25) is 5.91 Å². The molecule has 0 N–H and O–H groups in total. The number of carbonyl (C=O) groups excluding carboxylic acids is 1. The van der Waals surface area contributed by atoms with Gasteiger partial charge in [0.15, 0.2) is 5.16 Å². The van der Waals surface area contributed by atoms with E-state index in [1.807, 2.05) is 43.4 Å². The molecule has 0 aliphatic carbocycles. The Morgan fingerprint density at radius 2 is 2.20 bits per heavy atom. The van der Waals surface area contributed by atoms with Gasteiger partial charge in [0.1, 0.15) is 12.9 Å². The van der Waals surface area contributed by atoms with E-state index in [2.05, 4.69) is 10.2 Å². The van der Waals surface area contributed by atoms with E-state index >= 15 is 0 Å². The molecule has 0 saturated carbocycles. The Kier molecular flexibility index (Phi) is 4.74. The molecule has 0 aliphatic heterocycles. The zero-order valence-corrected chi connectivity index (χ0v) is 11.7. The van der Waals surface area contributed by atoms with Crippen molar-refractivity contribution in [1.82, 2.24) is 14.8 Å². The number of rotatable bonds is 5. The highest BCUT2D eigenvalue weighted by Gasteiger charge is 2.16. The molecular formula is C13H13N5OS. The first-order valence-corrected chi connectivity index (χ1v) is 6.90. The van der Waals surface area contributed by atoms with Crippen LogP contribution in [-0.4, -0.2) is 33.0 Å². The van der Waals surface area contributed by atoms with E-state index in [1.54, 1.807) is 10.9 Å². The van der Waals surface area contributed by atoms with Gasteiger partial charge in [-0.2, -0.15) is 5.26 Å². The fraction of sp³-hybridized carbons (Fsp3) is 0.231. The number of nitriles is 1. The Hall–Kier alpha value is -2.33. The van der Waals surface area contributed by atoms with Crippen molar-refractivity contribution in [3.63, 3.8) is 0 Å². The van der Waals surface area contributed by atoms with Crippen molar-refractivity contribution in [2.45, 2.75) is 5.16 Å². The third-order valence-corrected chi connectivity index (χ3v) is 3.61. The lowest BCUT2D eigenvalue weighted by molar-refractivity contribution is -0.116. The van der Waals surface area contributed by atoms with Crippen LogP contribution >= 0.6 is 11.8 Å². The van der Waals surface area contributed by atoms with Gasteiger partial charge in [-0.05, 0) is 12.1 Å². The maximum Gasteiger partial charge on any atom is 0.238 e. The molecule has 7 heteroatoms. The fourth-order valence-electron chi connectivity index (χ4n) is 1.61. The van der Waals surface area contributed by atoms with Crippen LogP contribution in [0.15, 0.2) is 41.8 Å². The highest BCUT2D eigenvalue weighted by molar-refractivity contribution is 7.99. The van der Waals surface area contributed by atoms with Crippen LogP contribution in [0.1, 0.15) is 0 Å². The summed E-state index contributed by atoms with van der Waals surface area (Å²) in [5.41, 5.74) is 0.720. The lowest BCUT2D eigenvalue weighted by atomic mass is 10.3. The predicted molar refractivity (Wildman–Crippen MR) is 76.1 cm³/mol. The number of hydrogen-bond acceptors (Lipinski definition) is 5. The summed E-state index contributed by atoms with van der Waals surface area (Å²) in [6.45, 7) is 0.0300. The fourth-order valence-corrected chi connectivity index (χ4v) is 2.37. The van der Waals surface area contributed by atoms with Crippen LogP contribution in [0.4, 0.5) is 5.69 Å². The van der Waals surface area contributed by atoms with Crippen LogP contribution in [0.5, 0.6) is 0 Å². The molecule has 0 fully saturated rings. The van der Waals surface area contributed by atoms with Crippen molar-refractivity contribution in [2.24, 2.45) is 7.05 Å². The monoisotopic (exact) mass is 287 g/mol. The number of nitrogens with zero attached hydrogens (tertiary/aromatic N) is 5. The van der Waals surface area contributed by atoms with Gasteiger partial charge in [0, 0.05) is 12.7 Å². The van der Waals surface area contributed by atoms with Crippen LogP contribution < -0.4 is 4.90 Å². The highest BCUT2D eigenvalue weighted by Crippen LogP contribution is 2.18. The Morgan fingerprint density at radius 3 is 2.80 bits per heavy atom. The van der Waals surface area contributed by atoms with Crippen molar-refractivity contribution in [3.05, 3.63) is 36.7 Å². The molecule has 0 radical (unpaired) electrons. The first kappa shape index (κ1) is 14.1. The van der Waals surface area contributed by atoms with Crippen LogP contribution in [0.3, 0.4) is 0 Å². The number of hydrogen-bond donors (Lipinski definition) is 0. The van der Waals surface area contributed by atoms with E-state index in [-0.39, 0.29) is 18.2 Å². The lowest BCUT2D eigenvalue weighted by Gasteiger charge is -2.19. The standard InChI is InChI=1S/C13H13N5OS/c1-17-10-15-16-13(17)20-9-12(19)18(8-7-14)11-5-3-2-4-6-11/h2-6,10H,8-9H2,1H3. The average molecular weight is 287 g/mol. The van der Waals surface area contributed by atoms with Crippen LogP contribution in [0.2, 0.25) is 0 Å². The summed E-state index contributed by atoms with van der Waals surface area (Å²) in [6, 6.07) is 11.2. The Balaban J connectivity index is 2.05. The van der Waals surface area contributed by atoms with Crippen LogP contribution in [0.25, 0.3) is 0 Å². The topological polar surface area (TPSA) is 74.8 Å². The smallest absolute Gasteiger partial charge is 0.238 e. The molecule has 0 saturated heterocycles. The SMILES string of the molecule is Cn1cnnc1SCC(=O)N(CC#N)c1ccccc1. The van der Waals surface area contributed by atoms with E-state index in [9.17, 15) is 4.79 Å². The summed E-state index contributed by atoms with van der Waals surface area (Å²) >= 11 is 1.30. The first-order valence-electron chi connectivity index (χ1n) is 5.91. The third-order valence-electron chi connectivity index (χ3n) is 2.59. The molecule has 6 nitrogen and oxygen atoms in total. The Bertz CT molecular complexity index is 619. The Morgan fingerprint density at radius 1 is 1.45 bits per heavy atom. The maximum atomic E-state index is 12.2. The number of thioether (sulfide) groups is 1. The predicted octanol–water partition coefficient (Wildman–Crippen LogP) is 1.46. The number of aromatic nitrogens is 3. The molecule has 102 valence electrons. The van der Waals surface area contributed by atoms with Crippen molar-refractivity contribution < 1.29 is 4.79 Å². The van der Waals surface area contributed by atoms with Gasteiger partial charge in [-0.25, -0.2) is 0 Å². The zero-order valence-electron chi connectivity index (χ0n) is 10.9. The molecule has 2 rings (SSSR count). The number of anilines is 1. The summed E-state index contributed by atoms with van der Waals surface area (Å²) in [7, 11) is 1.82. The highest BCUT2D eigenvalue weighted by atomic mass is 32.2. The minimum absolute atomic E-state index is 0.0300. The molecular weight excluding hydrogens is 274 g/mol. The average Bonchev–Trinajstić information content (AvgIpc) is 2.88. The van der Waals surface area contributed by atoms with Gasteiger partial charge in [0.05, 0.1) is 11.8 Å². The van der Waals surface area contributed by atoms with Crippen molar-refractivity contribution in [3.8, 4) is 6.07 Å². The van der Waals surface area contributed by atoms with E-state index in [0.717, 1.165) is 5.69 Å². The summed E-state index contributed by atoms with van der Waals surface area (Å²) in [4.78, 5) is 13.7. The van der Waals surface area contributed by atoms with Crippen molar-refractivity contribution in [1.29, 1.82) is 5.26 Å². The van der Waals surface area contributed by atoms with Gasteiger partial charge in [-0.3, -0.25) is 9.69 Å². The maximum absolute atomic E-state index is 12.2. The molecule has 1 aromatic carbocycles. The second kappa shape index (κ2) is 6.73. The van der Waals surface area contributed by atoms with Gasteiger partial charge < -0.3 is 4.57 Å². The molecule has 1 amide bonds. The summed E-state index contributed by atoms with van der Waals surface area (Å²) in [6.07, 6.45) is 1.58. The molecule has 1 heterocycles. The first-order chi connectivity index (χ1) is 9.72. The van der Waals surface area contributed by atoms with E-state index in [0.29, 0.717) is 5.16 Å². The molecule has 20 heavy (non-hydrogen) atoms. The normalized spacial score (nSPS) is 10.0. The van der Waals surface area contributed by atoms with Gasteiger partial charge in [-0.1, -0.05) is 30.0 Å². The number of aryl methyl sites for hydroxylation is 1. The lowest BCUT2D eigenvalue weighted by Crippen LogP contribution is -2.32. The number of benzene rings is 1. The number of carbonyl (C=O) groups is 1. The minimum atomic E-state index is -0.134. The molecule has 0 unspecified atom stereocenters. The van der Waals surface area contributed by atoms with Crippen LogP contribution in [0, 0.1) is 11.3 Å². The largest absolute Gasteiger partial charge is 0.312 e. The van der Waals surface area contributed by atoms with E-state index in [4.69, 9.17) is 5.26 Å². The van der Waals surface area contributed by atoms with Crippen LogP contribution in [-0.2, 0) is 11.8 Å². The summed E-state index contributed by atoms with van der Waals surface area (Å²) in [5, 5.41) is 17.2. The van der Waals surface area contributed by atoms with Crippen molar-refractivity contribution >= 4 is 23.4 Å². The second-order valence-corrected chi connectivity index (χ2v) is 4.93. The summed E-state index contributed by atoms with van der Waals surface area (Å²) in [5.74, 6) is 0.0779. The number of amides is 1. The Labute approximate surface area is 121 Å². The molecule has 2 aromatic rings. The summed E-state index contributed by atoms with van der Waals surface area (Å²) < 4.78 is 1.75. The molecule has 0 aliphatic rings. The molecule has 0 bridgehead atoms. The third kappa shape index (κ3) is 3.36.